The number of nitrogens with zero attached hydrogens (tertiary/aromatic N) is 1. The summed E-state index contributed by atoms with van der Waals surface area (Å²) in [4.78, 5) is 24.2. The lowest BCUT2D eigenvalue weighted by atomic mass is 10.3. The maximum absolute atomic E-state index is 13.3. The van der Waals surface area contributed by atoms with Gasteiger partial charge in [-0.15, -0.1) is 12.4 Å². The van der Waals surface area contributed by atoms with Crippen LogP contribution in [-0.2, 0) is 9.59 Å². The minimum atomic E-state index is -0.874. The van der Waals surface area contributed by atoms with E-state index in [-0.39, 0.29) is 32.0 Å². The van der Waals surface area contributed by atoms with Gasteiger partial charge in [0.1, 0.15) is 17.3 Å². The number of anilines is 1. The number of carbonyl (C=O) groups excluding carboxylic acids is 2. The summed E-state index contributed by atoms with van der Waals surface area (Å²) in [5.41, 5.74) is 4.66. The molecule has 0 aliphatic heterocycles. The molecular formula is C12H16ClF2N3O2. The smallest absolute Gasteiger partial charge is 0.244 e. The molecule has 0 aliphatic carbocycles. The molecule has 0 saturated heterocycles. The van der Waals surface area contributed by atoms with Crippen LogP contribution in [0.25, 0.3) is 0 Å². The van der Waals surface area contributed by atoms with Gasteiger partial charge in [0.15, 0.2) is 0 Å². The van der Waals surface area contributed by atoms with Crippen molar-refractivity contribution in [3.05, 3.63) is 29.8 Å². The Hall–Kier alpha value is -1.73. The number of likely N-dealkylation sites (N-methyl/N-ethyl adjacent to an activating group) is 1. The van der Waals surface area contributed by atoms with E-state index in [1.165, 1.54) is 11.0 Å². The van der Waals surface area contributed by atoms with Crippen molar-refractivity contribution in [3.8, 4) is 0 Å². The SMILES string of the molecule is CCN(CC(=O)Nc1c(F)cccc1F)C(=O)CN.Cl. The van der Waals surface area contributed by atoms with Crippen LogP contribution in [0.4, 0.5) is 14.5 Å². The van der Waals surface area contributed by atoms with Crippen molar-refractivity contribution < 1.29 is 18.4 Å². The van der Waals surface area contributed by atoms with Gasteiger partial charge in [-0.1, -0.05) is 6.07 Å². The molecule has 0 atom stereocenters. The third-order valence-corrected chi connectivity index (χ3v) is 2.47. The number of halogens is 3. The number of benzene rings is 1. The van der Waals surface area contributed by atoms with E-state index in [0.717, 1.165) is 12.1 Å². The van der Waals surface area contributed by atoms with Crippen LogP contribution >= 0.6 is 12.4 Å². The van der Waals surface area contributed by atoms with Crippen LogP contribution in [0.2, 0.25) is 0 Å². The monoisotopic (exact) mass is 307 g/mol. The van der Waals surface area contributed by atoms with E-state index >= 15 is 0 Å². The zero-order valence-electron chi connectivity index (χ0n) is 10.9. The maximum atomic E-state index is 13.3. The predicted octanol–water partition coefficient (Wildman–Crippen LogP) is 1.13. The second-order valence-electron chi connectivity index (χ2n) is 3.76. The van der Waals surface area contributed by atoms with Gasteiger partial charge in [-0.25, -0.2) is 8.78 Å². The Kier molecular flexibility index (Phi) is 7.71. The maximum Gasteiger partial charge on any atom is 0.244 e. The molecule has 8 heteroatoms. The molecule has 1 aromatic rings. The van der Waals surface area contributed by atoms with Crippen LogP contribution in [0.5, 0.6) is 0 Å². The summed E-state index contributed by atoms with van der Waals surface area (Å²) in [5, 5.41) is 2.10. The average molecular weight is 308 g/mol. The number of hydrogen-bond donors (Lipinski definition) is 2. The average Bonchev–Trinajstić information content (AvgIpc) is 2.39. The fourth-order valence-electron chi connectivity index (χ4n) is 1.47. The van der Waals surface area contributed by atoms with Crippen LogP contribution in [0.3, 0.4) is 0 Å². The molecule has 0 spiro atoms. The Bertz CT molecular complexity index is 466. The zero-order chi connectivity index (χ0) is 14.4. The Labute approximate surface area is 121 Å². The molecule has 0 fully saturated rings. The van der Waals surface area contributed by atoms with E-state index < -0.39 is 29.1 Å². The highest BCUT2D eigenvalue weighted by Gasteiger charge is 2.16. The molecule has 20 heavy (non-hydrogen) atoms. The van der Waals surface area contributed by atoms with Crippen molar-refractivity contribution in [2.45, 2.75) is 6.92 Å². The summed E-state index contributed by atoms with van der Waals surface area (Å²) in [5.74, 6) is -2.84. The summed E-state index contributed by atoms with van der Waals surface area (Å²) in [6.07, 6.45) is 0. The van der Waals surface area contributed by atoms with Crippen LogP contribution in [0.15, 0.2) is 18.2 Å². The van der Waals surface area contributed by atoms with Gasteiger partial charge in [0.25, 0.3) is 0 Å². The molecule has 0 unspecified atom stereocenters. The first-order chi connectivity index (χ1) is 8.99. The quantitative estimate of drug-likeness (QED) is 0.856. The van der Waals surface area contributed by atoms with Gasteiger partial charge in [0.05, 0.1) is 13.1 Å². The first kappa shape index (κ1) is 18.3. The van der Waals surface area contributed by atoms with Crippen molar-refractivity contribution in [2.75, 3.05) is 25.0 Å². The third kappa shape index (κ3) is 4.75. The summed E-state index contributed by atoms with van der Waals surface area (Å²) in [7, 11) is 0. The third-order valence-electron chi connectivity index (χ3n) is 2.47. The first-order valence-corrected chi connectivity index (χ1v) is 5.71. The minimum absolute atomic E-state index is 0. The summed E-state index contributed by atoms with van der Waals surface area (Å²) < 4.78 is 26.6. The molecule has 2 amide bonds. The highest BCUT2D eigenvalue weighted by Crippen LogP contribution is 2.17. The minimum Gasteiger partial charge on any atom is -0.333 e. The van der Waals surface area contributed by atoms with Gasteiger partial charge in [-0.3, -0.25) is 9.59 Å². The van der Waals surface area contributed by atoms with Gasteiger partial charge in [0.2, 0.25) is 11.8 Å². The van der Waals surface area contributed by atoms with Gasteiger partial charge >= 0.3 is 0 Å². The first-order valence-electron chi connectivity index (χ1n) is 5.71. The second-order valence-corrected chi connectivity index (χ2v) is 3.76. The fraction of sp³-hybridized carbons (Fsp3) is 0.333. The Morgan fingerprint density at radius 2 is 1.85 bits per heavy atom. The molecule has 1 aromatic carbocycles. The van der Waals surface area contributed by atoms with Crippen molar-refractivity contribution in [1.29, 1.82) is 0 Å². The Morgan fingerprint density at radius 1 is 1.30 bits per heavy atom. The van der Waals surface area contributed by atoms with Crippen molar-refractivity contribution in [1.82, 2.24) is 4.90 Å². The molecule has 5 nitrogen and oxygen atoms in total. The molecule has 112 valence electrons. The standard InChI is InChI=1S/C12H15F2N3O2.ClH/c1-2-17(11(19)6-15)7-10(18)16-12-8(13)4-3-5-9(12)14;/h3-5H,2,6-7,15H2,1H3,(H,16,18);1H. The number of hydrogen-bond acceptors (Lipinski definition) is 3. The number of amides is 2. The molecule has 0 bridgehead atoms. The van der Waals surface area contributed by atoms with E-state index in [1.807, 2.05) is 0 Å². The van der Waals surface area contributed by atoms with Crippen molar-refractivity contribution >= 4 is 29.9 Å². The molecule has 1 rings (SSSR count). The number of rotatable bonds is 5. The number of para-hydroxylation sites is 1. The van der Waals surface area contributed by atoms with E-state index in [9.17, 15) is 18.4 Å². The van der Waals surface area contributed by atoms with E-state index in [2.05, 4.69) is 5.32 Å². The van der Waals surface area contributed by atoms with Gasteiger partial charge in [-0.2, -0.15) is 0 Å². The number of carbonyl (C=O) groups is 2. The van der Waals surface area contributed by atoms with E-state index in [4.69, 9.17) is 5.73 Å². The van der Waals surface area contributed by atoms with E-state index in [0.29, 0.717) is 0 Å². The molecular weight excluding hydrogens is 292 g/mol. The lowest BCUT2D eigenvalue weighted by Crippen LogP contribution is -2.41. The molecule has 0 aliphatic rings. The normalized spacial score (nSPS) is 9.60. The van der Waals surface area contributed by atoms with Crippen LogP contribution in [0.1, 0.15) is 6.92 Å². The van der Waals surface area contributed by atoms with E-state index in [1.54, 1.807) is 6.92 Å². The highest BCUT2D eigenvalue weighted by atomic mass is 35.5. The Balaban J connectivity index is 0.00000361. The fourth-order valence-corrected chi connectivity index (χ4v) is 1.47. The van der Waals surface area contributed by atoms with Crippen LogP contribution < -0.4 is 11.1 Å². The topological polar surface area (TPSA) is 75.4 Å². The molecule has 0 saturated carbocycles. The number of nitrogens with one attached hydrogen (secondary N) is 1. The molecule has 0 aromatic heterocycles. The van der Waals surface area contributed by atoms with Gasteiger partial charge < -0.3 is 16.0 Å². The Morgan fingerprint density at radius 3 is 2.30 bits per heavy atom. The molecule has 0 radical (unpaired) electrons. The lowest BCUT2D eigenvalue weighted by molar-refractivity contribution is -0.133. The summed E-state index contributed by atoms with van der Waals surface area (Å²) >= 11 is 0. The lowest BCUT2D eigenvalue weighted by Gasteiger charge is -2.19. The summed E-state index contributed by atoms with van der Waals surface area (Å²) in [6.45, 7) is 1.42. The highest BCUT2D eigenvalue weighted by molar-refractivity contribution is 5.94. The summed E-state index contributed by atoms with van der Waals surface area (Å²) in [6, 6.07) is 3.25. The number of nitrogens with two attached hydrogens (primary N) is 1. The predicted molar refractivity (Wildman–Crippen MR) is 73.5 cm³/mol. The van der Waals surface area contributed by atoms with Crippen molar-refractivity contribution in [2.24, 2.45) is 5.73 Å². The molecule has 3 N–H and O–H groups in total. The second kappa shape index (κ2) is 8.44. The largest absolute Gasteiger partial charge is 0.333 e. The van der Waals surface area contributed by atoms with Gasteiger partial charge in [-0.05, 0) is 19.1 Å². The molecule has 0 heterocycles. The van der Waals surface area contributed by atoms with Gasteiger partial charge in [0, 0.05) is 6.54 Å². The zero-order valence-corrected chi connectivity index (χ0v) is 11.7. The van der Waals surface area contributed by atoms with Crippen molar-refractivity contribution in [3.63, 3.8) is 0 Å². The van der Waals surface area contributed by atoms with Crippen LogP contribution in [0, 0.1) is 11.6 Å². The van der Waals surface area contributed by atoms with Crippen LogP contribution in [-0.4, -0.2) is 36.3 Å².